The van der Waals surface area contributed by atoms with E-state index in [2.05, 4.69) is 224 Å². The molecule has 310 valence electrons. The summed E-state index contributed by atoms with van der Waals surface area (Å²) in [5.41, 5.74) is 16.0. The Bertz CT molecular complexity index is 3370. The Morgan fingerprint density at radius 3 is 1.80 bits per heavy atom. The van der Waals surface area contributed by atoms with Crippen LogP contribution in [0.3, 0.4) is 0 Å². The smallest absolute Gasteiger partial charge is 0.137 e. The molecule has 64 heavy (non-hydrogen) atoms. The molecule has 0 fully saturated rings. The van der Waals surface area contributed by atoms with Crippen molar-refractivity contribution in [2.24, 2.45) is 0 Å². The number of hydrogen-bond acceptors (Lipinski definition) is 3. The van der Waals surface area contributed by atoms with Gasteiger partial charge >= 0.3 is 0 Å². The van der Waals surface area contributed by atoms with Crippen molar-refractivity contribution in [2.75, 3.05) is 16.5 Å². The van der Waals surface area contributed by atoms with E-state index in [-0.39, 0.29) is 0 Å². The molecular weight excluding hydrogens is 777 g/mol. The number of fused-ring (bicyclic) bond motifs is 4. The van der Waals surface area contributed by atoms with Gasteiger partial charge in [-0.25, -0.2) is 4.98 Å². The van der Waals surface area contributed by atoms with E-state index in [4.69, 9.17) is 4.98 Å². The molecule has 8 aromatic carbocycles. The lowest BCUT2D eigenvalue weighted by molar-refractivity contribution is 0.690. The predicted molar refractivity (Wildman–Crippen MR) is 268 cm³/mol. The summed E-state index contributed by atoms with van der Waals surface area (Å²) in [6.45, 7) is 9.34. The molecule has 0 unspecified atom stereocenters. The fraction of sp³-hybridized carbons (Fsp3) is 0.117. The van der Waals surface area contributed by atoms with Gasteiger partial charge in [-0.3, -0.25) is 4.57 Å². The Labute approximate surface area is 379 Å². The maximum atomic E-state index is 10.2. The predicted octanol–water partition coefficient (Wildman–Crippen LogP) is 15.0. The van der Waals surface area contributed by atoms with E-state index < -0.39 is 11.8 Å². The van der Waals surface area contributed by atoms with Gasteiger partial charge in [0, 0.05) is 36.5 Å². The number of aromatic nitrogens is 2. The number of hydrogen-bond donors (Lipinski definition) is 0. The third-order valence-corrected chi connectivity index (χ3v) is 13.2. The standard InChI is InChI=1S/C60H50N4/c1-41-32-42(2)59(43(3)33-41)46-35-45(36-51(38-46)63-40-62(50-22-12-7-13-23-50)55-26-16-17-27-56(55)63)34-44-28-29-53-52-24-14-15-25-54(52)64(57(53)37-44)58-39-49(30-31-61-58)60(4,47-18-8-5-9-19-47)48-20-10-6-11-21-48/h5-33,35-39H,34,40H2,1-4H3/i34D2. The second-order valence-electron chi connectivity index (χ2n) is 17.3. The van der Waals surface area contributed by atoms with E-state index in [1.54, 1.807) is 0 Å². The molecule has 11 rings (SSSR count). The zero-order chi connectivity index (χ0) is 45.2. The van der Waals surface area contributed by atoms with Gasteiger partial charge in [0.1, 0.15) is 12.5 Å². The van der Waals surface area contributed by atoms with Crippen molar-refractivity contribution < 1.29 is 2.74 Å². The van der Waals surface area contributed by atoms with Crippen LogP contribution in [0.1, 0.15) is 54.2 Å². The first kappa shape index (κ1) is 36.9. The molecule has 0 aliphatic carbocycles. The monoisotopic (exact) mass is 828 g/mol. The first-order valence-corrected chi connectivity index (χ1v) is 22.1. The highest BCUT2D eigenvalue weighted by Gasteiger charge is 2.32. The molecule has 1 aliphatic heterocycles. The molecule has 0 atom stereocenters. The lowest BCUT2D eigenvalue weighted by Crippen LogP contribution is -2.25. The van der Waals surface area contributed by atoms with Crippen LogP contribution in [0.15, 0.2) is 206 Å². The summed E-state index contributed by atoms with van der Waals surface area (Å²) in [6, 6.07) is 70.1. The van der Waals surface area contributed by atoms with Gasteiger partial charge in [-0.05, 0) is 145 Å². The number of para-hydroxylation sites is 4. The Morgan fingerprint density at radius 1 is 0.516 bits per heavy atom. The Morgan fingerprint density at radius 2 is 1.11 bits per heavy atom. The molecule has 4 heteroatoms. The van der Waals surface area contributed by atoms with Crippen LogP contribution < -0.4 is 9.80 Å². The average molecular weight is 829 g/mol. The highest BCUT2D eigenvalue weighted by Crippen LogP contribution is 2.46. The van der Waals surface area contributed by atoms with Crippen LogP contribution in [-0.4, -0.2) is 16.2 Å². The molecule has 10 aromatic rings. The van der Waals surface area contributed by atoms with Gasteiger partial charge in [-0.15, -0.1) is 0 Å². The van der Waals surface area contributed by atoms with Crippen molar-refractivity contribution in [2.45, 2.75) is 39.5 Å². The SMILES string of the molecule is [2H]C([2H])(c1cc(-c2c(C)cc(C)cc2C)cc(N2CN(c3ccccc3)c3ccccc32)c1)c1ccc2c3ccccc3n(-c3cc(C(C)(c4ccccc4)c4ccccc4)ccn3)c2c1. The van der Waals surface area contributed by atoms with Crippen LogP contribution in [0.4, 0.5) is 22.7 Å². The highest BCUT2D eigenvalue weighted by molar-refractivity contribution is 6.09. The van der Waals surface area contributed by atoms with Crippen LogP contribution in [0, 0.1) is 20.8 Å². The molecule has 4 nitrogen and oxygen atoms in total. The molecule has 1 aliphatic rings. The second kappa shape index (κ2) is 15.9. The van der Waals surface area contributed by atoms with Crippen LogP contribution >= 0.6 is 0 Å². The molecule has 2 aromatic heterocycles. The summed E-state index contributed by atoms with van der Waals surface area (Å²) in [6.07, 6.45) is 0.0234. The summed E-state index contributed by atoms with van der Waals surface area (Å²) in [5.74, 6) is 0.778. The molecular formula is C60H50N4. The van der Waals surface area contributed by atoms with Crippen LogP contribution in [0.25, 0.3) is 38.8 Å². The van der Waals surface area contributed by atoms with Gasteiger partial charge in [-0.1, -0.05) is 145 Å². The van der Waals surface area contributed by atoms with Gasteiger partial charge in [0.25, 0.3) is 0 Å². The fourth-order valence-electron chi connectivity index (χ4n) is 10.2. The van der Waals surface area contributed by atoms with E-state index in [1.807, 2.05) is 24.4 Å². The van der Waals surface area contributed by atoms with Gasteiger partial charge < -0.3 is 9.80 Å². The van der Waals surface area contributed by atoms with E-state index in [1.165, 1.54) is 27.8 Å². The minimum atomic E-state index is -1.89. The lowest BCUT2D eigenvalue weighted by Gasteiger charge is -2.32. The lowest BCUT2D eigenvalue weighted by atomic mass is 9.71. The number of pyridine rings is 1. The quantitative estimate of drug-likeness (QED) is 0.145. The first-order valence-electron chi connectivity index (χ1n) is 23.1. The summed E-state index contributed by atoms with van der Waals surface area (Å²) >= 11 is 0. The van der Waals surface area contributed by atoms with Crippen molar-refractivity contribution in [3.8, 4) is 16.9 Å². The van der Waals surface area contributed by atoms with Crippen molar-refractivity contribution in [3.05, 3.63) is 251 Å². The fourth-order valence-corrected chi connectivity index (χ4v) is 10.2. The van der Waals surface area contributed by atoms with Crippen molar-refractivity contribution in [1.29, 1.82) is 0 Å². The van der Waals surface area contributed by atoms with Crippen molar-refractivity contribution >= 4 is 44.6 Å². The van der Waals surface area contributed by atoms with Crippen molar-refractivity contribution in [1.82, 2.24) is 9.55 Å². The van der Waals surface area contributed by atoms with Gasteiger partial charge in [-0.2, -0.15) is 0 Å². The maximum Gasteiger partial charge on any atom is 0.137 e. The first-order chi connectivity index (χ1) is 32.1. The Hall–Kier alpha value is -7.69. The molecule has 0 saturated heterocycles. The Kier molecular flexibility index (Phi) is 9.17. The van der Waals surface area contributed by atoms with E-state index in [0.717, 1.165) is 67.1 Å². The molecule has 0 spiro atoms. The summed E-state index contributed by atoms with van der Waals surface area (Å²) in [5, 5.41) is 2.13. The van der Waals surface area contributed by atoms with Gasteiger partial charge in [0.2, 0.25) is 0 Å². The molecule has 0 amide bonds. The van der Waals surface area contributed by atoms with Gasteiger partial charge in [0.15, 0.2) is 0 Å². The summed E-state index contributed by atoms with van der Waals surface area (Å²) in [4.78, 5) is 9.71. The number of nitrogens with zero attached hydrogens (tertiary/aromatic N) is 4. The van der Waals surface area contributed by atoms with Gasteiger partial charge in [0.05, 0.1) is 22.4 Å². The zero-order valence-electron chi connectivity index (χ0n) is 38.6. The van der Waals surface area contributed by atoms with E-state index in [0.29, 0.717) is 17.8 Å². The summed E-state index contributed by atoms with van der Waals surface area (Å²) < 4.78 is 22.6. The molecule has 0 N–H and O–H groups in total. The van der Waals surface area contributed by atoms with Crippen LogP contribution in [0.5, 0.6) is 0 Å². The summed E-state index contributed by atoms with van der Waals surface area (Å²) in [7, 11) is 0. The number of anilines is 4. The zero-order valence-corrected chi connectivity index (χ0v) is 36.6. The third kappa shape index (κ3) is 6.74. The number of rotatable bonds is 9. The average Bonchev–Trinajstić information content (AvgIpc) is 3.90. The van der Waals surface area contributed by atoms with Crippen molar-refractivity contribution in [3.63, 3.8) is 0 Å². The Balaban J connectivity index is 1.08. The van der Waals surface area contributed by atoms with E-state index >= 15 is 0 Å². The van der Waals surface area contributed by atoms with Crippen LogP contribution in [0.2, 0.25) is 0 Å². The number of aryl methyl sites for hydroxylation is 3. The normalized spacial score (nSPS) is 13.3. The molecule has 3 heterocycles. The largest absolute Gasteiger partial charge is 0.321 e. The van der Waals surface area contributed by atoms with Crippen LogP contribution in [-0.2, 0) is 11.8 Å². The molecule has 0 saturated carbocycles. The maximum absolute atomic E-state index is 10.2. The topological polar surface area (TPSA) is 24.3 Å². The molecule has 0 radical (unpaired) electrons. The highest BCUT2D eigenvalue weighted by atomic mass is 15.4. The number of benzene rings is 8. The second-order valence-corrected chi connectivity index (χ2v) is 17.3. The van der Waals surface area contributed by atoms with E-state index in [9.17, 15) is 2.74 Å². The third-order valence-electron chi connectivity index (χ3n) is 13.2. The minimum Gasteiger partial charge on any atom is -0.321 e. The minimum absolute atomic E-state index is 0.466. The molecule has 0 bridgehead atoms.